The van der Waals surface area contributed by atoms with Crippen molar-refractivity contribution in [2.75, 3.05) is 18.6 Å². The van der Waals surface area contributed by atoms with Crippen molar-refractivity contribution in [2.24, 2.45) is 11.8 Å². The molecule has 1 unspecified atom stereocenters. The summed E-state index contributed by atoms with van der Waals surface area (Å²) in [6, 6.07) is 0.349. The molecule has 0 radical (unpaired) electrons. The summed E-state index contributed by atoms with van der Waals surface area (Å²) in [5, 5.41) is 3.08. The van der Waals surface area contributed by atoms with Crippen LogP contribution in [0, 0.1) is 11.8 Å². The average Bonchev–Trinajstić information content (AvgIpc) is 2.40. The van der Waals surface area contributed by atoms with Crippen LogP contribution < -0.4 is 5.32 Å². The number of thioether (sulfide) groups is 1. The first kappa shape index (κ1) is 16.3. The van der Waals surface area contributed by atoms with Crippen molar-refractivity contribution in [3.8, 4) is 0 Å². The molecule has 5 heteroatoms. The first-order chi connectivity index (χ1) is 9.02. The second-order valence-electron chi connectivity index (χ2n) is 5.46. The van der Waals surface area contributed by atoms with E-state index in [0.717, 1.165) is 18.8 Å². The minimum Gasteiger partial charge on any atom is -0.469 e. The van der Waals surface area contributed by atoms with Crippen LogP contribution in [0.2, 0.25) is 0 Å². The van der Waals surface area contributed by atoms with E-state index < -0.39 is 0 Å². The molecular weight excluding hydrogens is 262 g/mol. The number of esters is 1. The topological polar surface area (TPSA) is 55.4 Å². The van der Waals surface area contributed by atoms with Gasteiger partial charge in [0.2, 0.25) is 5.91 Å². The Kier molecular flexibility index (Phi) is 7.28. The van der Waals surface area contributed by atoms with E-state index in [-0.39, 0.29) is 17.8 Å². The number of ether oxygens (including phenoxy) is 1. The fourth-order valence-corrected chi connectivity index (χ4v) is 3.15. The Morgan fingerprint density at radius 3 is 2.53 bits per heavy atom. The lowest BCUT2D eigenvalue weighted by Crippen LogP contribution is -2.38. The van der Waals surface area contributed by atoms with Gasteiger partial charge in [0.05, 0.1) is 18.8 Å². The molecule has 0 aromatic heterocycles. The van der Waals surface area contributed by atoms with Gasteiger partial charge < -0.3 is 10.1 Å². The number of carbonyl (C=O) groups is 2. The van der Waals surface area contributed by atoms with Crippen LogP contribution in [0.3, 0.4) is 0 Å². The molecule has 0 saturated heterocycles. The molecule has 0 heterocycles. The van der Waals surface area contributed by atoms with Gasteiger partial charge in [-0.25, -0.2) is 0 Å². The van der Waals surface area contributed by atoms with Gasteiger partial charge in [-0.2, -0.15) is 11.8 Å². The normalized spacial score (nSPS) is 24.6. The number of rotatable bonds is 6. The summed E-state index contributed by atoms with van der Waals surface area (Å²) in [5.74, 6) is 1.56. The molecule has 1 aliphatic carbocycles. The summed E-state index contributed by atoms with van der Waals surface area (Å²) in [7, 11) is 1.39. The largest absolute Gasteiger partial charge is 0.469 e. The van der Waals surface area contributed by atoms with E-state index in [9.17, 15) is 9.59 Å². The maximum atomic E-state index is 11.8. The zero-order chi connectivity index (χ0) is 14.3. The predicted octanol–water partition coefficient (Wildman–Crippen LogP) is 2.22. The van der Waals surface area contributed by atoms with Crippen LogP contribution in [-0.2, 0) is 14.3 Å². The van der Waals surface area contributed by atoms with Crippen molar-refractivity contribution in [1.82, 2.24) is 5.32 Å². The molecule has 1 fully saturated rings. The molecule has 4 nitrogen and oxygen atoms in total. The smallest absolute Gasteiger partial charge is 0.309 e. The standard InChI is InChI=1S/C14H25NO3S/c1-10-4-6-12(7-5-10)15-13(16)9-19-8-11(2)14(17)18-3/h10-12H,4-9H2,1-3H3,(H,15,16). The van der Waals surface area contributed by atoms with Crippen molar-refractivity contribution in [3.05, 3.63) is 0 Å². The Hall–Kier alpha value is -0.710. The van der Waals surface area contributed by atoms with Gasteiger partial charge in [-0.3, -0.25) is 9.59 Å². The lowest BCUT2D eigenvalue weighted by molar-refractivity contribution is -0.144. The Bertz CT molecular complexity index is 301. The average molecular weight is 287 g/mol. The summed E-state index contributed by atoms with van der Waals surface area (Å²) in [6.45, 7) is 4.08. The molecule has 1 N–H and O–H groups in total. The van der Waals surface area contributed by atoms with Gasteiger partial charge in [-0.1, -0.05) is 13.8 Å². The van der Waals surface area contributed by atoms with E-state index in [1.807, 2.05) is 6.92 Å². The highest BCUT2D eigenvalue weighted by Crippen LogP contribution is 2.23. The number of methoxy groups -OCH3 is 1. The Balaban J connectivity index is 2.13. The SMILES string of the molecule is COC(=O)C(C)CSCC(=O)NC1CCC(C)CC1. The molecule has 0 spiro atoms. The fraction of sp³-hybridized carbons (Fsp3) is 0.857. The molecule has 1 atom stereocenters. The Morgan fingerprint density at radius 2 is 1.95 bits per heavy atom. The zero-order valence-electron chi connectivity index (χ0n) is 12.1. The van der Waals surface area contributed by atoms with Crippen molar-refractivity contribution in [2.45, 2.75) is 45.6 Å². The van der Waals surface area contributed by atoms with Gasteiger partial charge in [0.15, 0.2) is 0 Å². The minimum atomic E-state index is -0.214. The van der Waals surface area contributed by atoms with Crippen LogP contribution in [0.5, 0.6) is 0 Å². The number of carbonyl (C=O) groups excluding carboxylic acids is 2. The third-order valence-electron chi connectivity index (χ3n) is 3.59. The Labute approximate surface area is 120 Å². The number of hydrogen-bond donors (Lipinski definition) is 1. The zero-order valence-corrected chi connectivity index (χ0v) is 12.9. The summed E-state index contributed by atoms with van der Waals surface area (Å²) in [6.07, 6.45) is 4.60. The van der Waals surface area contributed by atoms with E-state index in [1.165, 1.54) is 31.7 Å². The molecule has 0 aliphatic heterocycles. The second kappa shape index (κ2) is 8.46. The summed E-state index contributed by atoms with van der Waals surface area (Å²) in [4.78, 5) is 23.0. The molecule has 1 aliphatic rings. The quantitative estimate of drug-likeness (QED) is 0.761. The van der Waals surface area contributed by atoms with E-state index in [4.69, 9.17) is 0 Å². The summed E-state index contributed by atoms with van der Waals surface area (Å²) in [5.41, 5.74) is 0. The van der Waals surface area contributed by atoms with Crippen molar-refractivity contribution < 1.29 is 14.3 Å². The van der Waals surface area contributed by atoms with Gasteiger partial charge in [0.1, 0.15) is 0 Å². The predicted molar refractivity (Wildman–Crippen MR) is 78.1 cm³/mol. The van der Waals surface area contributed by atoms with Crippen LogP contribution in [0.1, 0.15) is 39.5 Å². The molecule has 0 aromatic carbocycles. The van der Waals surface area contributed by atoms with Gasteiger partial charge in [-0.05, 0) is 31.6 Å². The second-order valence-corrected chi connectivity index (χ2v) is 6.49. The number of nitrogens with one attached hydrogen (secondary N) is 1. The van der Waals surface area contributed by atoms with Gasteiger partial charge >= 0.3 is 5.97 Å². The molecule has 19 heavy (non-hydrogen) atoms. The molecule has 0 aromatic rings. The highest BCUT2D eigenvalue weighted by atomic mass is 32.2. The van der Waals surface area contributed by atoms with Crippen LogP contribution in [0.25, 0.3) is 0 Å². The van der Waals surface area contributed by atoms with E-state index in [0.29, 0.717) is 17.5 Å². The number of amides is 1. The summed E-state index contributed by atoms with van der Waals surface area (Å²) >= 11 is 1.49. The van der Waals surface area contributed by atoms with Gasteiger partial charge in [0, 0.05) is 11.8 Å². The maximum Gasteiger partial charge on any atom is 0.309 e. The minimum absolute atomic E-state index is 0.0848. The van der Waals surface area contributed by atoms with Crippen LogP contribution in [0.15, 0.2) is 0 Å². The van der Waals surface area contributed by atoms with E-state index >= 15 is 0 Å². The lowest BCUT2D eigenvalue weighted by Gasteiger charge is -2.26. The number of hydrogen-bond acceptors (Lipinski definition) is 4. The van der Waals surface area contributed by atoms with Crippen molar-refractivity contribution >= 4 is 23.6 Å². The van der Waals surface area contributed by atoms with E-state index in [2.05, 4.69) is 17.0 Å². The summed E-state index contributed by atoms with van der Waals surface area (Å²) < 4.78 is 4.65. The first-order valence-electron chi connectivity index (χ1n) is 6.97. The van der Waals surface area contributed by atoms with E-state index in [1.54, 1.807) is 0 Å². The molecule has 1 amide bonds. The van der Waals surface area contributed by atoms with Crippen molar-refractivity contribution in [3.63, 3.8) is 0 Å². The van der Waals surface area contributed by atoms with Gasteiger partial charge in [-0.15, -0.1) is 0 Å². The fourth-order valence-electron chi connectivity index (χ4n) is 2.27. The molecule has 110 valence electrons. The third kappa shape index (κ3) is 6.32. The van der Waals surface area contributed by atoms with Crippen molar-refractivity contribution in [1.29, 1.82) is 0 Å². The van der Waals surface area contributed by atoms with Crippen LogP contribution >= 0.6 is 11.8 Å². The maximum absolute atomic E-state index is 11.8. The molecule has 1 rings (SSSR count). The molecule has 1 saturated carbocycles. The first-order valence-corrected chi connectivity index (χ1v) is 8.13. The highest BCUT2D eigenvalue weighted by molar-refractivity contribution is 7.99. The molecule has 0 bridgehead atoms. The monoisotopic (exact) mass is 287 g/mol. The molecular formula is C14H25NO3S. The Morgan fingerprint density at radius 1 is 1.32 bits per heavy atom. The van der Waals surface area contributed by atoms with Crippen LogP contribution in [0.4, 0.5) is 0 Å². The van der Waals surface area contributed by atoms with Crippen LogP contribution in [-0.4, -0.2) is 36.5 Å². The third-order valence-corrected chi connectivity index (χ3v) is 4.79. The lowest BCUT2D eigenvalue weighted by atomic mass is 9.87. The van der Waals surface area contributed by atoms with Gasteiger partial charge in [0.25, 0.3) is 0 Å². The highest BCUT2D eigenvalue weighted by Gasteiger charge is 2.20.